The van der Waals surface area contributed by atoms with Crippen LogP contribution in [0.1, 0.15) is 12.5 Å². The quantitative estimate of drug-likeness (QED) is 0.841. The zero-order chi connectivity index (χ0) is 10.7. The lowest BCUT2D eigenvalue weighted by Crippen LogP contribution is -2.49. The van der Waals surface area contributed by atoms with Crippen LogP contribution in [0, 0.1) is 3.57 Å². The molecule has 15 heavy (non-hydrogen) atoms. The standard InChI is InChI=1S/C12H17IN2/c1-10-8-14-6-7-15(10)9-11-4-2-3-5-12(11)13/h2-5,10,14H,6-9H2,1H3. The monoisotopic (exact) mass is 316 g/mol. The van der Waals surface area contributed by atoms with Gasteiger partial charge in [-0.1, -0.05) is 18.2 Å². The van der Waals surface area contributed by atoms with E-state index in [4.69, 9.17) is 0 Å². The van der Waals surface area contributed by atoms with Crippen molar-refractivity contribution in [3.05, 3.63) is 33.4 Å². The average molecular weight is 316 g/mol. The number of halogens is 1. The molecule has 1 aliphatic heterocycles. The van der Waals surface area contributed by atoms with Crippen LogP contribution in [0.4, 0.5) is 0 Å². The van der Waals surface area contributed by atoms with Crippen molar-refractivity contribution in [3.63, 3.8) is 0 Å². The summed E-state index contributed by atoms with van der Waals surface area (Å²) in [6.07, 6.45) is 0. The number of nitrogens with one attached hydrogen (secondary N) is 1. The van der Waals surface area contributed by atoms with Gasteiger partial charge in [-0.15, -0.1) is 0 Å². The minimum absolute atomic E-state index is 0.648. The number of hydrogen-bond acceptors (Lipinski definition) is 2. The van der Waals surface area contributed by atoms with Gasteiger partial charge in [0.1, 0.15) is 0 Å². The first kappa shape index (κ1) is 11.4. The molecule has 0 amide bonds. The molecule has 0 aliphatic carbocycles. The molecule has 0 aromatic heterocycles. The van der Waals surface area contributed by atoms with Crippen LogP contribution in [0.2, 0.25) is 0 Å². The molecule has 0 bridgehead atoms. The van der Waals surface area contributed by atoms with Crippen LogP contribution >= 0.6 is 22.6 Å². The van der Waals surface area contributed by atoms with Crippen LogP contribution in [0.15, 0.2) is 24.3 Å². The van der Waals surface area contributed by atoms with Crippen LogP contribution in [-0.2, 0) is 6.54 Å². The van der Waals surface area contributed by atoms with Crippen molar-refractivity contribution in [1.29, 1.82) is 0 Å². The smallest absolute Gasteiger partial charge is 0.0248 e. The largest absolute Gasteiger partial charge is 0.314 e. The lowest BCUT2D eigenvalue weighted by molar-refractivity contribution is 0.165. The number of hydrogen-bond donors (Lipinski definition) is 1. The van der Waals surface area contributed by atoms with Gasteiger partial charge in [0.2, 0.25) is 0 Å². The third-order valence-electron chi connectivity index (χ3n) is 2.97. The maximum Gasteiger partial charge on any atom is 0.0248 e. The molecular formula is C12H17IN2. The molecule has 1 aliphatic rings. The highest BCUT2D eigenvalue weighted by atomic mass is 127. The highest BCUT2D eigenvalue weighted by Gasteiger charge is 2.18. The van der Waals surface area contributed by atoms with Crippen molar-refractivity contribution in [2.45, 2.75) is 19.5 Å². The molecule has 1 atom stereocenters. The van der Waals surface area contributed by atoms with E-state index < -0.39 is 0 Å². The van der Waals surface area contributed by atoms with Gasteiger partial charge in [0.15, 0.2) is 0 Å². The topological polar surface area (TPSA) is 15.3 Å². The molecule has 1 N–H and O–H groups in total. The van der Waals surface area contributed by atoms with Crippen LogP contribution < -0.4 is 5.32 Å². The minimum atomic E-state index is 0.648. The van der Waals surface area contributed by atoms with E-state index in [2.05, 4.69) is 64.0 Å². The number of piperazine rings is 1. The average Bonchev–Trinajstić information content (AvgIpc) is 2.24. The van der Waals surface area contributed by atoms with Crippen molar-refractivity contribution in [2.24, 2.45) is 0 Å². The summed E-state index contributed by atoms with van der Waals surface area (Å²) in [5.74, 6) is 0. The second-order valence-corrected chi connectivity index (χ2v) is 5.28. The van der Waals surface area contributed by atoms with Gasteiger partial charge in [0.05, 0.1) is 0 Å². The van der Waals surface area contributed by atoms with Gasteiger partial charge in [-0.2, -0.15) is 0 Å². The van der Waals surface area contributed by atoms with Crippen molar-refractivity contribution in [3.8, 4) is 0 Å². The fourth-order valence-corrected chi connectivity index (χ4v) is 2.52. The van der Waals surface area contributed by atoms with Gasteiger partial charge in [0, 0.05) is 35.8 Å². The molecule has 2 rings (SSSR count). The first-order valence-corrected chi connectivity index (χ1v) is 6.53. The third kappa shape index (κ3) is 2.92. The fourth-order valence-electron chi connectivity index (χ4n) is 1.96. The summed E-state index contributed by atoms with van der Waals surface area (Å²) in [4.78, 5) is 2.55. The molecule has 1 fully saturated rings. The minimum Gasteiger partial charge on any atom is -0.314 e. The van der Waals surface area contributed by atoms with Crippen LogP contribution in [0.25, 0.3) is 0 Å². The lowest BCUT2D eigenvalue weighted by Gasteiger charge is -2.34. The van der Waals surface area contributed by atoms with Gasteiger partial charge < -0.3 is 5.32 Å². The summed E-state index contributed by atoms with van der Waals surface area (Å²) in [7, 11) is 0. The second kappa shape index (κ2) is 5.27. The van der Waals surface area contributed by atoms with Crippen molar-refractivity contribution in [2.75, 3.05) is 19.6 Å². The molecule has 0 saturated carbocycles. The molecule has 1 unspecified atom stereocenters. The van der Waals surface area contributed by atoms with Gasteiger partial charge in [0.25, 0.3) is 0 Å². The van der Waals surface area contributed by atoms with E-state index in [0.717, 1.165) is 26.2 Å². The Bertz CT molecular complexity index is 327. The Labute approximate surface area is 105 Å². The summed E-state index contributed by atoms with van der Waals surface area (Å²) in [5, 5.41) is 3.42. The number of rotatable bonds is 2. The molecule has 3 heteroatoms. The summed E-state index contributed by atoms with van der Waals surface area (Å²) in [5.41, 5.74) is 1.45. The Hall–Kier alpha value is -0.130. The third-order valence-corrected chi connectivity index (χ3v) is 4.02. The van der Waals surface area contributed by atoms with Gasteiger partial charge in [-0.05, 0) is 41.1 Å². The van der Waals surface area contributed by atoms with Gasteiger partial charge in [-0.3, -0.25) is 4.90 Å². The number of benzene rings is 1. The highest BCUT2D eigenvalue weighted by Crippen LogP contribution is 2.15. The fraction of sp³-hybridized carbons (Fsp3) is 0.500. The van der Waals surface area contributed by atoms with E-state index in [1.54, 1.807) is 0 Å². The molecule has 0 spiro atoms. The van der Waals surface area contributed by atoms with Crippen molar-refractivity contribution in [1.82, 2.24) is 10.2 Å². The van der Waals surface area contributed by atoms with E-state index in [9.17, 15) is 0 Å². The Morgan fingerprint density at radius 1 is 1.47 bits per heavy atom. The van der Waals surface area contributed by atoms with E-state index in [1.807, 2.05) is 0 Å². The summed E-state index contributed by atoms with van der Waals surface area (Å²) >= 11 is 2.42. The zero-order valence-electron chi connectivity index (χ0n) is 9.04. The predicted molar refractivity (Wildman–Crippen MR) is 71.9 cm³/mol. The molecule has 1 heterocycles. The first-order valence-electron chi connectivity index (χ1n) is 5.45. The SMILES string of the molecule is CC1CNCCN1Cc1ccccc1I. The predicted octanol–water partition coefficient (Wildman–Crippen LogP) is 2.08. The van der Waals surface area contributed by atoms with E-state index in [0.29, 0.717) is 6.04 Å². The van der Waals surface area contributed by atoms with Crippen molar-refractivity contribution >= 4 is 22.6 Å². The van der Waals surface area contributed by atoms with Gasteiger partial charge >= 0.3 is 0 Å². The molecule has 1 saturated heterocycles. The highest BCUT2D eigenvalue weighted by molar-refractivity contribution is 14.1. The molecule has 0 radical (unpaired) electrons. The Kier molecular flexibility index (Phi) is 3.99. The molecular weight excluding hydrogens is 299 g/mol. The van der Waals surface area contributed by atoms with E-state index >= 15 is 0 Å². The van der Waals surface area contributed by atoms with Crippen LogP contribution in [0.5, 0.6) is 0 Å². The first-order chi connectivity index (χ1) is 7.27. The maximum atomic E-state index is 3.42. The lowest BCUT2D eigenvalue weighted by atomic mass is 10.1. The van der Waals surface area contributed by atoms with Gasteiger partial charge in [-0.25, -0.2) is 0 Å². The summed E-state index contributed by atoms with van der Waals surface area (Å²) in [6.45, 7) is 6.77. The Morgan fingerprint density at radius 2 is 2.27 bits per heavy atom. The molecule has 1 aromatic carbocycles. The Balaban J connectivity index is 2.04. The van der Waals surface area contributed by atoms with Crippen LogP contribution in [0.3, 0.4) is 0 Å². The van der Waals surface area contributed by atoms with E-state index in [-0.39, 0.29) is 0 Å². The van der Waals surface area contributed by atoms with Crippen LogP contribution in [-0.4, -0.2) is 30.6 Å². The summed E-state index contributed by atoms with van der Waals surface area (Å²) in [6, 6.07) is 9.30. The van der Waals surface area contributed by atoms with E-state index in [1.165, 1.54) is 9.13 Å². The molecule has 2 nitrogen and oxygen atoms in total. The number of nitrogens with zero attached hydrogens (tertiary/aromatic N) is 1. The zero-order valence-corrected chi connectivity index (χ0v) is 11.2. The molecule has 1 aromatic rings. The maximum absolute atomic E-state index is 3.42. The normalized spacial score (nSPS) is 22.9. The van der Waals surface area contributed by atoms with Crippen molar-refractivity contribution < 1.29 is 0 Å². The second-order valence-electron chi connectivity index (χ2n) is 4.12. The summed E-state index contributed by atoms with van der Waals surface area (Å²) < 4.78 is 1.38. The Morgan fingerprint density at radius 3 is 3.00 bits per heavy atom. The molecule has 82 valence electrons.